The summed E-state index contributed by atoms with van der Waals surface area (Å²) in [6.45, 7) is 0.969. The highest BCUT2D eigenvalue weighted by Gasteiger charge is 2.05. The molecule has 0 aromatic heterocycles. The summed E-state index contributed by atoms with van der Waals surface area (Å²) in [5, 5.41) is 12.3. The lowest BCUT2D eigenvalue weighted by Crippen LogP contribution is -2.10. The SMILES string of the molecule is COc1ccc(C#N)c(Nc2ccc(OCCN)cc2)c1. The van der Waals surface area contributed by atoms with Gasteiger partial charge < -0.3 is 20.5 Å². The van der Waals surface area contributed by atoms with Crippen molar-refractivity contribution in [2.45, 2.75) is 0 Å². The summed E-state index contributed by atoms with van der Waals surface area (Å²) in [5.74, 6) is 1.46. The number of nitrogens with two attached hydrogens (primary N) is 1. The summed E-state index contributed by atoms with van der Waals surface area (Å²) in [6.07, 6.45) is 0. The monoisotopic (exact) mass is 283 g/mol. The highest BCUT2D eigenvalue weighted by Crippen LogP contribution is 2.26. The number of hydrogen-bond acceptors (Lipinski definition) is 5. The first kappa shape index (κ1) is 14.7. The molecule has 0 amide bonds. The van der Waals surface area contributed by atoms with Crippen molar-refractivity contribution in [2.75, 3.05) is 25.6 Å². The lowest BCUT2D eigenvalue weighted by Gasteiger charge is -2.11. The van der Waals surface area contributed by atoms with Crippen LogP contribution in [0.1, 0.15) is 5.56 Å². The van der Waals surface area contributed by atoms with Gasteiger partial charge in [-0.05, 0) is 36.4 Å². The normalized spacial score (nSPS) is 9.76. The van der Waals surface area contributed by atoms with E-state index < -0.39 is 0 Å². The third kappa shape index (κ3) is 3.88. The van der Waals surface area contributed by atoms with Crippen molar-refractivity contribution >= 4 is 11.4 Å². The van der Waals surface area contributed by atoms with E-state index in [-0.39, 0.29) is 0 Å². The van der Waals surface area contributed by atoms with Gasteiger partial charge in [0, 0.05) is 18.3 Å². The molecule has 0 saturated carbocycles. The van der Waals surface area contributed by atoms with Crippen LogP contribution in [0.25, 0.3) is 0 Å². The molecule has 2 aromatic rings. The summed E-state index contributed by atoms with van der Waals surface area (Å²) >= 11 is 0. The van der Waals surface area contributed by atoms with E-state index in [2.05, 4.69) is 11.4 Å². The fraction of sp³-hybridized carbons (Fsp3) is 0.188. The second kappa shape index (κ2) is 7.17. The Morgan fingerprint density at radius 1 is 1.14 bits per heavy atom. The van der Waals surface area contributed by atoms with Crippen LogP contribution in [0.5, 0.6) is 11.5 Å². The molecule has 0 bridgehead atoms. The minimum absolute atomic E-state index is 0.481. The number of nitriles is 1. The molecule has 5 nitrogen and oxygen atoms in total. The molecular formula is C16H17N3O2. The van der Waals surface area contributed by atoms with E-state index >= 15 is 0 Å². The van der Waals surface area contributed by atoms with Crippen LogP contribution in [-0.2, 0) is 0 Å². The van der Waals surface area contributed by atoms with E-state index in [1.807, 2.05) is 24.3 Å². The second-order valence-electron chi connectivity index (χ2n) is 4.31. The van der Waals surface area contributed by atoms with Gasteiger partial charge in [-0.2, -0.15) is 5.26 Å². The molecule has 0 saturated heterocycles. The largest absolute Gasteiger partial charge is 0.497 e. The van der Waals surface area contributed by atoms with Gasteiger partial charge in [0.05, 0.1) is 18.4 Å². The van der Waals surface area contributed by atoms with Crippen molar-refractivity contribution in [3.8, 4) is 17.6 Å². The molecule has 21 heavy (non-hydrogen) atoms. The van der Waals surface area contributed by atoms with E-state index in [1.54, 1.807) is 25.3 Å². The Morgan fingerprint density at radius 2 is 1.86 bits per heavy atom. The zero-order valence-electron chi connectivity index (χ0n) is 11.8. The van der Waals surface area contributed by atoms with Crippen molar-refractivity contribution in [3.63, 3.8) is 0 Å². The molecular weight excluding hydrogens is 266 g/mol. The predicted octanol–water partition coefficient (Wildman–Crippen LogP) is 2.65. The van der Waals surface area contributed by atoms with Gasteiger partial charge >= 0.3 is 0 Å². The molecule has 0 aliphatic rings. The van der Waals surface area contributed by atoms with Crippen LogP contribution in [-0.4, -0.2) is 20.3 Å². The minimum Gasteiger partial charge on any atom is -0.497 e. The standard InChI is InChI=1S/C16H17N3O2/c1-20-15-5-2-12(11-18)16(10-15)19-13-3-6-14(7-4-13)21-9-8-17/h2-7,10,19H,8-9,17H2,1H3. The molecule has 3 N–H and O–H groups in total. The summed E-state index contributed by atoms with van der Waals surface area (Å²) in [6, 6.07) is 14.9. The lowest BCUT2D eigenvalue weighted by molar-refractivity contribution is 0.328. The van der Waals surface area contributed by atoms with Gasteiger partial charge in [0.25, 0.3) is 0 Å². The van der Waals surface area contributed by atoms with Gasteiger partial charge in [0.15, 0.2) is 0 Å². The number of anilines is 2. The molecule has 0 spiro atoms. The topological polar surface area (TPSA) is 80.3 Å². The summed E-state index contributed by atoms with van der Waals surface area (Å²) in [4.78, 5) is 0. The quantitative estimate of drug-likeness (QED) is 0.852. The number of nitrogens with zero attached hydrogens (tertiary/aromatic N) is 1. The maximum absolute atomic E-state index is 9.14. The van der Waals surface area contributed by atoms with Crippen LogP contribution >= 0.6 is 0 Å². The van der Waals surface area contributed by atoms with Gasteiger partial charge in [-0.25, -0.2) is 0 Å². The Kier molecular flexibility index (Phi) is 5.02. The van der Waals surface area contributed by atoms with Crippen LogP contribution in [0.15, 0.2) is 42.5 Å². The number of hydrogen-bond donors (Lipinski definition) is 2. The smallest absolute Gasteiger partial charge is 0.121 e. The Hall–Kier alpha value is -2.71. The van der Waals surface area contributed by atoms with Crippen molar-refractivity contribution in [1.29, 1.82) is 5.26 Å². The minimum atomic E-state index is 0.481. The fourth-order valence-corrected chi connectivity index (χ4v) is 1.82. The first-order valence-electron chi connectivity index (χ1n) is 6.55. The van der Waals surface area contributed by atoms with E-state index in [4.69, 9.17) is 20.5 Å². The zero-order valence-corrected chi connectivity index (χ0v) is 11.8. The second-order valence-corrected chi connectivity index (χ2v) is 4.31. The molecule has 0 aliphatic heterocycles. The average molecular weight is 283 g/mol. The van der Waals surface area contributed by atoms with Gasteiger partial charge in [-0.15, -0.1) is 0 Å². The number of ether oxygens (including phenoxy) is 2. The highest BCUT2D eigenvalue weighted by atomic mass is 16.5. The van der Waals surface area contributed by atoms with E-state index in [0.29, 0.717) is 30.2 Å². The molecule has 2 aromatic carbocycles. The van der Waals surface area contributed by atoms with Gasteiger partial charge in [0.1, 0.15) is 24.2 Å². The van der Waals surface area contributed by atoms with Crippen molar-refractivity contribution in [3.05, 3.63) is 48.0 Å². The average Bonchev–Trinajstić information content (AvgIpc) is 2.54. The third-order valence-corrected chi connectivity index (χ3v) is 2.87. The number of rotatable bonds is 6. The molecule has 0 unspecified atom stereocenters. The molecule has 5 heteroatoms. The van der Waals surface area contributed by atoms with Gasteiger partial charge in [0.2, 0.25) is 0 Å². The van der Waals surface area contributed by atoms with Crippen LogP contribution in [0.2, 0.25) is 0 Å². The molecule has 0 atom stereocenters. The van der Waals surface area contributed by atoms with E-state index in [0.717, 1.165) is 11.4 Å². The zero-order chi connectivity index (χ0) is 15.1. The highest BCUT2D eigenvalue weighted by molar-refractivity contribution is 5.68. The van der Waals surface area contributed by atoms with Crippen molar-refractivity contribution in [2.24, 2.45) is 5.73 Å². The van der Waals surface area contributed by atoms with Gasteiger partial charge in [-0.1, -0.05) is 0 Å². The first-order valence-corrected chi connectivity index (χ1v) is 6.55. The Bertz CT molecular complexity index is 633. The Balaban J connectivity index is 2.16. The number of methoxy groups -OCH3 is 1. The summed E-state index contributed by atoms with van der Waals surface area (Å²) < 4.78 is 10.6. The molecule has 108 valence electrons. The van der Waals surface area contributed by atoms with Crippen LogP contribution in [0, 0.1) is 11.3 Å². The molecule has 0 fully saturated rings. The van der Waals surface area contributed by atoms with Crippen molar-refractivity contribution in [1.82, 2.24) is 0 Å². The first-order chi connectivity index (χ1) is 10.3. The number of nitrogens with one attached hydrogen (secondary N) is 1. The summed E-state index contributed by atoms with van der Waals surface area (Å²) in [5.41, 5.74) is 7.51. The Labute approximate surface area is 123 Å². The van der Waals surface area contributed by atoms with E-state index in [1.165, 1.54) is 0 Å². The Morgan fingerprint density at radius 3 is 2.48 bits per heavy atom. The van der Waals surface area contributed by atoms with E-state index in [9.17, 15) is 0 Å². The fourth-order valence-electron chi connectivity index (χ4n) is 1.82. The maximum atomic E-state index is 9.14. The number of benzene rings is 2. The predicted molar refractivity (Wildman–Crippen MR) is 82.0 cm³/mol. The lowest BCUT2D eigenvalue weighted by atomic mass is 10.1. The molecule has 0 radical (unpaired) electrons. The summed E-state index contributed by atoms with van der Waals surface area (Å²) in [7, 11) is 1.59. The van der Waals surface area contributed by atoms with Crippen LogP contribution in [0.4, 0.5) is 11.4 Å². The maximum Gasteiger partial charge on any atom is 0.121 e. The van der Waals surface area contributed by atoms with Crippen LogP contribution in [0.3, 0.4) is 0 Å². The third-order valence-electron chi connectivity index (χ3n) is 2.87. The van der Waals surface area contributed by atoms with Crippen molar-refractivity contribution < 1.29 is 9.47 Å². The van der Waals surface area contributed by atoms with Crippen LogP contribution < -0.4 is 20.5 Å². The molecule has 0 heterocycles. The molecule has 0 aliphatic carbocycles. The van der Waals surface area contributed by atoms with Gasteiger partial charge in [-0.3, -0.25) is 0 Å². The molecule has 2 rings (SSSR count).